The first kappa shape index (κ1) is 15.2. The Kier molecular flexibility index (Phi) is 3.82. The van der Waals surface area contributed by atoms with Gasteiger partial charge in [0.05, 0.1) is 32.3 Å². The summed E-state index contributed by atoms with van der Waals surface area (Å²) < 4.78 is 13.1. The fourth-order valence-corrected chi connectivity index (χ4v) is 3.06. The molecule has 0 atom stereocenters. The molecule has 0 N–H and O–H groups in total. The Bertz CT molecular complexity index is 1030. The van der Waals surface area contributed by atoms with Gasteiger partial charge in [0.2, 0.25) is 0 Å². The van der Waals surface area contributed by atoms with Gasteiger partial charge < -0.3 is 13.9 Å². The molecule has 3 heterocycles. The van der Waals surface area contributed by atoms with E-state index in [1.807, 2.05) is 47.1 Å². The van der Waals surface area contributed by atoms with Gasteiger partial charge in [0.1, 0.15) is 0 Å². The van der Waals surface area contributed by atoms with Crippen molar-refractivity contribution in [2.24, 2.45) is 0 Å². The van der Waals surface area contributed by atoms with E-state index in [1.165, 1.54) is 0 Å². The predicted molar refractivity (Wildman–Crippen MR) is 97.0 cm³/mol. The molecule has 3 aromatic heterocycles. The van der Waals surface area contributed by atoms with Crippen LogP contribution in [0.5, 0.6) is 11.5 Å². The molecule has 5 heteroatoms. The van der Waals surface area contributed by atoms with Crippen molar-refractivity contribution in [2.75, 3.05) is 14.2 Å². The summed E-state index contributed by atoms with van der Waals surface area (Å²) in [4.78, 5) is 8.40. The molecular weight excluding hydrogens is 314 g/mol. The van der Waals surface area contributed by atoms with Gasteiger partial charge in [-0.05, 0) is 29.8 Å². The number of benzene rings is 1. The Morgan fingerprint density at radius 3 is 2.48 bits per heavy atom. The fraction of sp³-hybridized carbons (Fsp3) is 0.100. The van der Waals surface area contributed by atoms with Crippen LogP contribution in [0.15, 0.2) is 67.5 Å². The number of rotatable bonds is 4. The smallest absolute Gasteiger partial charge is 0.168 e. The zero-order chi connectivity index (χ0) is 17.2. The number of pyridine rings is 2. The average Bonchev–Trinajstić information content (AvgIpc) is 3.15. The second kappa shape index (κ2) is 6.28. The molecule has 0 saturated carbocycles. The van der Waals surface area contributed by atoms with Gasteiger partial charge in [-0.15, -0.1) is 0 Å². The molecule has 0 bridgehead atoms. The van der Waals surface area contributed by atoms with E-state index in [0.717, 1.165) is 27.8 Å². The van der Waals surface area contributed by atoms with E-state index in [1.54, 1.807) is 32.9 Å². The van der Waals surface area contributed by atoms with Gasteiger partial charge in [-0.2, -0.15) is 0 Å². The molecule has 0 saturated heterocycles. The van der Waals surface area contributed by atoms with Crippen LogP contribution < -0.4 is 9.47 Å². The van der Waals surface area contributed by atoms with E-state index in [9.17, 15) is 0 Å². The maximum Gasteiger partial charge on any atom is 0.168 e. The standard InChI is InChI=1S/C20H17N3O2/c1-24-19-5-3-4-16(20(19)25-2)15-10-17(14-6-8-21-9-7-14)18-11-22-13-23(18)12-15/h3-13H,1-2H3. The zero-order valence-corrected chi connectivity index (χ0v) is 14.0. The number of imidazole rings is 1. The van der Waals surface area contributed by atoms with Crippen LogP contribution in [0.1, 0.15) is 0 Å². The van der Waals surface area contributed by atoms with Gasteiger partial charge in [0.25, 0.3) is 0 Å². The van der Waals surface area contributed by atoms with Gasteiger partial charge in [0.15, 0.2) is 11.5 Å². The molecule has 0 spiro atoms. The number of ether oxygens (including phenoxy) is 2. The van der Waals surface area contributed by atoms with Crippen LogP contribution in [0.2, 0.25) is 0 Å². The van der Waals surface area contributed by atoms with Crippen molar-refractivity contribution < 1.29 is 9.47 Å². The van der Waals surface area contributed by atoms with Gasteiger partial charge in [0, 0.05) is 35.3 Å². The van der Waals surface area contributed by atoms with Crippen LogP contribution in [0.3, 0.4) is 0 Å². The highest BCUT2D eigenvalue weighted by Crippen LogP contribution is 2.39. The van der Waals surface area contributed by atoms with Crippen molar-refractivity contribution in [1.82, 2.24) is 14.4 Å². The molecule has 0 amide bonds. The molecule has 25 heavy (non-hydrogen) atoms. The van der Waals surface area contributed by atoms with Crippen LogP contribution in [-0.2, 0) is 0 Å². The van der Waals surface area contributed by atoms with Crippen LogP contribution >= 0.6 is 0 Å². The summed E-state index contributed by atoms with van der Waals surface area (Å²) >= 11 is 0. The quantitative estimate of drug-likeness (QED) is 0.565. The first-order chi connectivity index (χ1) is 12.3. The molecule has 124 valence electrons. The maximum atomic E-state index is 5.60. The molecule has 0 aliphatic heterocycles. The molecule has 0 aliphatic carbocycles. The van der Waals surface area contributed by atoms with E-state index < -0.39 is 0 Å². The highest BCUT2D eigenvalue weighted by molar-refractivity contribution is 5.85. The molecule has 1 aromatic carbocycles. The molecule has 0 radical (unpaired) electrons. The number of hydrogen-bond acceptors (Lipinski definition) is 4. The molecular formula is C20H17N3O2. The third-order valence-electron chi connectivity index (χ3n) is 4.23. The Labute approximate surface area is 145 Å². The fourth-order valence-electron chi connectivity index (χ4n) is 3.06. The second-order valence-corrected chi connectivity index (χ2v) is 5.61. The van der Waals surface area contributed by atoms with Crippen molar-refractivity contribution in [3.05, 3.63) is 67.5 Å². The van der Waals surface area contributed by atoms with Crippen molar-refractivity contribution in [2.45, 2.75) is 0 Å². The first-order valence-corrected chi connectivity index (χ1v) is 7.89. The lowest BCUT2D eigenvalue weighted by Gasteiger charge is -2.14. The van der Waals surface area contributed by atoms with Gasteiger partial charge >= 0.3 is 0 Å². The summed E-state index contributed by atoms with van der Waals surface area (Å²) in [6.45, 7) is 0. The van der Waals surface area contributed by atoms with Crippen molar-refractivity contribution in [3.63, 3.8) is 0 Å². The summed E-state index contributed by atoms with van der Waals surface area (Å²) in [5.41, 5.74) is 5.20. The minimum Gasteiger partial charge on any atom is -0.493 e. The van der Waals surface area contributed by atoms with Crippen LogP contribution in [0, 0.1) is 0 Å². The Balaban J connectivity index is 1.99. The minimum absolute atomic E-state index is 0.705. The summed E-state index contributed by atoms with van der Waals surface area (Å²) in [6.07, 6.45) is 9.30. The van der Waals surface area contributed by atoms with Crippen LogP contribution in [-0.4, -0.2) is 28.6 Å². The Morgan fingerprint density at radius 2 is 1.72 bits per heavy atom. The number of fused-ring (bicyclic) bond motifs is 1. The number of aromatic nitrogens is 3. The second-order valence-electron chi connectivity index (χ2n) is 5.61. The third kappa shape index (κ3) is 2.59. The van der Waals surface area contributed by atoms with Crippen molar-refractivity contribution >= 4 is 5.52 Å². The van der Waals surface area contributed by atoms with Gasteiger partial charge in [-0.3, -0.25) is 4.98 Å². The van der Waals surface area contributed by atoms with Gasteiger partial charge in [-0.25, -0.2) is 4.98 Å². The first-order valence-electron chi connectivity index (χ1n) is 7.89. The summed E-state index contributed by atoms with van der Waals surface area (Å²) in [6, 6.07) is 12.0. The number of methoxy groups -OCH3 is 2. The highest BCUT2D eigenvalue weighted by Gasteiger charge is 2.14. The highest BCUT2D eigenvalue weighted by atomic mass is 16.5. The number of nitrogens with zero attached hydrogens (tertiary/aromatic N) is 3. The summed E-state index contributed by atoms with van der Waals surface area (Å²) in [7, 11) is 3.30. The van der Waals surface area contributed by atoms with E-state index in [-0.39, 0.29) is 0 Å². The minimum atomic E-state index is 0.705. The van der Waals surface area contributed by atoms with Gasteiger partial charge in [-0.1, -0.05) is 12.1 Å². The number of para-hydroxylation sites is 1. The van der Waals surface area contributed by atoms with Crippen molar-refractivity contribution in [3.8, 4) is 33.8 Å². The Morgan fingerprint density at radius 1 is 0.880 bits per heavy atom. The molecule has 0 aliphatic rings. The van der Waals surface area contributed by atoms with E-state index in [2.05, 4.69) is 16.0 Å². The lowest BCUT2D eigenvalue weighted by molar-refractivity contribution is 0.356. The molecule has 5 nitrogen and oxygen atoms in total. The summed E-state index contributed by atoms with van der Waals surface area (Å²) in [5.74, 6) is 1.42. The SMILES string of the molecule is COc1cccc(-c2cc(-c3ccncc3)c3cncn3c2)c1OC. The van der Waals surface area contributed by atoms with E-state index in [0.29, 0.717) is 11.5 Å². The average molecular weight is 331 g/mol. The monoisotopic (exact) mass is 331 g/mol. The lowest BCUT2D eigenvalue weighted by Crippen LogP contribution is -1.95. The Hall–Kier alpha value is -3.34. The normalized spacial score (nSPS) is 10.8. The number of hydrogen-bond donors (Lipinski definition) is 0. The largest absolute Gasteiger partial charge is 0.493 e. The van der Waals surface area contributed by atoms with E-state index >= 15 is 0 Å². The molecule has 0 unspecified atom stereocenters. The molecule has 4 aromatic rings. The zero-order valence-electron chi connectivity index (χ0n) is 14.0. The topological polar surface area (TPSA) is 48.7 Å². The van der Waals surface area contributed by atoms with E-state index in [4.69, 9.17) is 9.47 Å². The lowest BCUT2D eigenvalue weighted by atomic mass is 10.00. The molecule has 0 fully saturated rings. The molecule has 4 rings (SSSR count). The van der Waals surface area contributed by atoms with Crippen LogP contribution in [0.25, 0.3) is 27.8 Å². The predicted octanol–water partition coefficient (Wildman–Crippen LogP) is 4.08. The third-order valence-corrected chi connectivity index (χ3v) is 4.23. The van der Waals surface area contributed by atoms with Crippen LogP contribution in [0.4, 0.5) is 0 Å². The summed E-state index contributed by atoms with van der Waals surface area (Å²) in [5, 5.41) is 0. The maximum absolute atomic E-state index is 5.60. The van der Waals surface area contributed by atoms with Crippen molar-refractivity contribution in [1.29, 1.82) is 0 Å².